The molecule has 0 saturated heterocycles. The van der Waals surface area contributed by atoms with Crippen LogP contribution in [0.3, 0.4) is 0 Å². The molecule has 11 heavy (non-hydrogen) atoms. The molecule has 56 valence electrons. The summed E-state index contributed by atoms with van der Waals surface area (Å²) in [5.41, 5.74) is 0.0648. The molecule has 0 atom stereocenters. The molecule has 1 aromatic rings. The maximum atomic E-state index is 9.01. The fourth-order valence-corrected chi connectivity index (χ4v) is 0.669. The SMILES string of the molecule is CNc1ncnc(O)c1C#N. The van der Waals surface area contributed by atoms with Crippen LogP contribution in [0.25, 0.3) is 0 Å². The first-order valence-electron chi connectivity index (χ1n) is 2.91. The Kier molecular flexibility index (Phi) is 1.88. The molecule has 1 aromatic heterocycles. The Labute approximate surface area is 63.3 Å². The van der Waals surface area contributed by atoms with Crippen LogP contribution >= 0.6 is 0 Å². The van der Waals surface area contributed by atoms with Crippen LogP contribution in [-0.4, -0.2) is 22.1 Å². The maximum Gasteiger partial charge on any atom is 0.234 e. The van der Waals surface area contributed by atoms with Gasteiger partial charge in [0.25, 0.3) is 0 Å². The van der Waals surface area contributed by atoms with Gasteiger partial charge in [-0.25, -0.2) is 9.97 Å². The van der Waals surface area contributed by atoms with Gasteiger partial charge in [0.05, 0.1) is 0 Å². The molecular formula is C6H6N4O. The number of nitrogens with one attached hydrogen (secondary N) is 1. The van der Waals surface area contributed by atoms with Crippen LogP contribution in [0, 0.1) is 11.3 Å². The lowest BCUT2D eigenvalue weighted by Gasteiger charge is -2.00. The standard InChI is InChI=1S/C6H6N4O/c1-8-5-4(2-7)6(11)10-3-9-5/h3H,1H3,(H2,8,9,10,11). The van der Waals surface area contributed by atoms with Gasteiger partial charge in [0.2, 0.25) is 5.88 Å². The number of hydrogen-bond donors (Lipinski definition) is 2. The lowest BCUT2D eigenvalue weighted by molar-refractivity contribution is 0.450. The van der Waals surface area contributed by atoms with Gasteiger partial charge < -0.3 is 10.4 Å². The van der Waals surface area contributed by atoms with E-state index in [0.717, 1.165) is 0 Å². The Morgan fingerprint density at radius 1 is 1.64 bits per heavy atom. The van der Waals surface area contributed by atoms with E-state index in [-0.39, 0.29) is 11.4 Å². The number of anilines is 1. The van der Waals surface area contributed by atoms with E-state index in [1.165, 1.54) is 6.33 Å². The summed E-state index contributed by atoms with van der Waals surface area (Å²) in [4.78, 5) is 7.16. The highest BCUT2D eigenvalue weighted by Crippen LogP contribution is 2.17. The highest BCUT2D eigenvalue weighted by atomic mass is 16.3. The minimum atomic E-state index is -0.299. The summed E-state index contributed by atoms with van der Waals surface area (Å²) in [5, 5.41) is 20.2. The van der Waals surface area contributed by atoms with Crippen LogP contribution in [-0.2, 0) is 0 Å². The summed E-state index contributed by atoms with van der Waals surface area (Å²) in [6.07, 6.45) is 1.18. The van der Waals surface area contributed by atoms with Crippen LogP contribution in [0.15, 0.2) is 6.33 Å². The van der Waals surface area contributed by atoms with Crippen molar-refractivity contribution in [3.8, 4) is 11.9 Å². The number of rotatable bonds is 1. The molecule has 0 aliphatic rings. The molecule has 0 spiro atoms. The van der Waals surface area contributed by atoms with Crippen molar-refractivity contribution in [2.75, 3.05) is 12.4 Å². The van der Waals surface area contributed by atoms with Crippen molar-refractivity contribution >= 4 is 5.82 Å². The fraction of sp³-hybridized carbons (Fsp3) is 0.167. The Morgan fingerprint density at radius 3 is 2.82 bits per heavy atom. The third-order valence-electron chi connectivity index (χ3n) is 1.18. The third-order valence-corrected chi connectivity index (χ3v) is 1.18. The van der Waals surface area contributed by atoms with Gasteiger partial charge in [0.1, 0.15) is 12.4 Å². The summed E-state index contributed by atoms with van der Waals surface area (Å²) >= 11 is 0. The number of hydrogen-bond acceptors (Lipinski definition) is 5. The minimum Gasteiger partial charge on any atom is -0.492 e. The molecule has 5 nitrogen and oxygen atoms in total. The van der Waals surface area contributed by atoms with E-state index in [1.54, 1.807) is 13.1 Å². The molecule has 0 aliphatic heterocycles. The van der Waals surface area contributed by atoms with Gasteiger partial charge in [0.15, 0.2) is 11.4 Å². The van der Waals surface area contributed by atoms with Gasteiger partial charge >= 0.3 is 0 Å². The highest BCUT2D eigenvalue weighted by molar-refractivity contribution is 5.55. The Bertz CT molecular complexity index is 304. The van der Waals surface area contributed by atoms with Crippen LogP contribution in [0.1, 0.15) is 5.56 Å². The van der Waals surface area contributed by atoms with E-state index in [0.29, 0.717) is 5.82 Å². The molecule has 0 aliphatic carbocycles. The van der Waals surface area contributed by atoms with Gasteiger partial charge in [-0.2, -0.15) is 5.26 Å². The van der Waals surface area contributed by atoms with Gasteiger partial charge in [-0.3, -0.25) is 0 Å². The summed E-state index contributed by atoms with van der Waals surface area (Å²) in [6, 6.07) is 1.78. The van der Waals surface area contributed by atoms with Gasteiger partial charge in [-0.1, -0.05) is 0 Å². The number of aromatic hydroxyl groups is 1. The predicted molar refractivity (Wildman–Crippen MR) is 38.0 cm³/mol. The van der Waals surface area contributed by atoms with Gasteiger partial charge in [-0.15, -0.1) is 0 Å². The minimum absolute atomic E-state index is 0.0648. The molecule has 5 heteroatoms. The molecule has 0 fully saturated rings. The molecule has 0 radical (unpaired) electrons. The van der Waals surface area contributed by atoms with Crippen molar-refractivity contribution in [3.63, 3.8) is 0 Å². The van der Waals surface area contributed by atoms with Crippen molar-refractivity contribution in [2.45, 2.75) is 0 Å². The second-order valence-electron chi connectivity index (χ2n) is 1.78. The molecule has 0 unspecified atom stereocenters. The molecular weight excluding hydrogens is 144 g/mol. The second-order valence-corrected chi connectivity index (χ2v) is 1.78. The third kappa shape index (κ3) is 1.19. The normalized spacial score (nSPS) is 8.73. The van der Waals surface area contributed by atoms with Crippen molar-refractivity contribution < 1.29 is 5.11 Å². The highest BCUT2D eigenvalue weighted by Gasteiger charge is 2.06. The van der Waals surface area contributed by atoms with Crippen LogP contribution < -0.4 is 5.32 Å². The fourth-order valence-electron chi connectivity index (χ4n) is 0.669. The maximum absolute atomic E-state index is 9.01. The molecule has 0 saturated carbocycles. The Hall–Kier alpha value is -1.83. The zero-order valence-electron chi connectivity index (χ0n) is 5.87. The average molecular weight is 150 g/mol. The van der Waals surface area contributed by atoms with E-state index in [2.05, 4.69) is 15.3 Å². The smallest absolute Gasteiger partial charge is 0.234 e. The van der Waals surface area contributed by atoms with E-state index in [9.17, 15) is 0 Å². The summed E-state index contributed by atoms with van der Waals surface area (Å²) < 4.78 is 0. The number of nitrogens with zero attached hydrogens (tertiary/aromatic N) is 3. The van der Waals surface area contributed by atoms with Crippen molar-refractivity contribution in [1.29, 1.82) is 5.26 Å². The van der Waals surface area contributed by atoms with E-state index >= 15 is 0 Å². The molecule has 1 heterocycles. The Morgan fingerprint density at radius 2 is 2.36 bits per heavy atom. The summed E-state index contributed by atoms with van der Waals surface area (Å²) in [5.74, 6) is 0.0341. The molecule has 0 aromatic carbocycles. The average Bonchev–Trinajstić information content (AvgIpc) is 2.04. The van der Waals surface area contributed by atoms with E-state index in [4.69, 9.17) is 10.4 Å². The first-order valence-corrected chi connectivity index (χ1v) is 2.91. The second kappa shape index (κ2) is 2.84. The molecule has 2 N–H and O–H groups in total. The van der Waals surface area contributed by atoms with Crippen LogP contribution in [0.4, 0.5) is 5.82 Å². The number of aromatic nitrogens is 2. The zero-order valence-corrected chi connectivity index (χ0v) is 5.87. The van der Waals surface area contributed by atoms with Crippen molar-refractivity contribution in [1.82, 2.24) is 9.97 Å². The lowest BCUT2D eigenvalue weighted by Crippen LogP contribution is -1.96. The lowest BCUT2D eigenvalue weighted by atomic mass is 10.3. The summed E-state index contributed by atoms with van der Waals surface area (Å²) in [7, 11) is 1.61. The molecule has 0 amide bonds. The van der Waals surface area contributed by atoms with Gasteiger partial charge in [0, 0.05) is 7.05 Å². The van der Waals surface area contributed by atoms with Crippen molar-refractivity contribution in [2.24, 2.45) is 0 Å². The van der Waals surface area contributed by atoms with Crippen molar-refractivity contribution in [3.05, 3.63) is 11.9 Å². The number of nitriles is 1. The largest absolute Gasteiger partial charge is 0.492 e. The molecule has 1 rings (SSSR count). The predicted octanol–water partition coefficient (Wildman–Crippen LogP) is 0.0956. The quantitative estimate of drug-likeness (QED) is 0.593. The molecule has 0 bridgehead atoms. The first kappa shape index (κ1) is 7.28. The van der Waals surface area contributed by atoms with E-state index < -0.39 is 0 Å². The van der Waals surface area contributed by atoms with Crippen LogP contribution in [0.5, 0.6) is 5.88 Å². The van der Waals surface area contributed by atoms with Gasteiger partial charge in [-0.05, 0) is 0 Å². The topological polar surface area (TPSA) is 81.8 Å². The zero-order chi connectivity index (χ0) is 8.27. The van der Waals surface area contributed by atoms with Crippen LogP contribution in [0.2, 0.25) is 0 Å². The summed E-state index contributed by atoms with van der Waals surface area (Å²) in [6.45, 7) is 0. The Balaban J connectivity index is 3.27. The van der Waals surface area contributed by atoms with E-state index in [1.807, 2.05) is 0 Å². The monoisotopic (exact) mass is 150 g/mol. The first-order chi connectivity index (χ1) is 5.29.